The van der Waals surface area contributed by atoms with Crippen LogP contribution in [-0.4, -0.2) is 17.3 Å². The van der Waals surface area contributed by atoms with Gasteiger partial charge in [0.05, 0.1) is 11.4 Å². The van der Waals surface area contributed by atoms with Gasteiger partial charge in [0, 0.05) is 23.5 Å². The number of hydrogen-bond donors (Lipinski definition) is 1. The van der Waals surface area contributed by atoms with Gasteiger partial charge in [-0.05, 0) is 31.6 Å². The van der Waals surface area contributed by atoms with Crippen molar-refractivity contribution in [2.75, 3.05) is 6.54 Å². The summed E-state index contributed by atoms with van der Waals surface area (Å²) < 4.78 is 0. The first kappa shape index (κ1) is 12.7. The van der Waals surface area contributed by atoms with E-state index in [1.54, 1.807) is 17.5 Å². The van der Waals surface area contributed by atoms with Crippen molar-refractivity contribution in [3.63, 3.8) is 0 Å². The number of thiazole rings is 1. The Morgan fingerprint density at radius 3 is 2.82 bits per heavy atom. The van der Waals surface area contributed by atoms with Crippen molar-refractivity contribution in [2.24, 2.45) is 17.1 Å². The molecule has 94 valence electrons. The molecule has 2 rings (SSSR count). The average molecular weight is 252 g/mol. The van der Waals surface area contributed by atoms with E-state index < -0.39 is 0 Å². The van der Waals surface area contributed by atoms with Crippen LogP contribution >= 0.6 is 11.3 Å². The minimum Gasteiger partial charge on any atom is -0.329 e. The topological polar surface area (TPSA) is 56.0 Å². The van der Waals surface area contributed by atoms with Crippen molar-refractivity contribution in [2.45, 2.75) is 39.0 Å². The molecule has 1 aromatic heterocycles. The van der Waals surface area contributed by atoms with Crippen LogP contribution in [0.2, 0.25) is 0 Å². The Balaban J connectivity index is 2.05. The first-order valence-electron chi connectivity index (χ1n) is 6.28. The molecule has 0 saturated heterocycles. The van der Waals surface area contributed by atoms with Gasteiger partial charge in [-0.25, -0.2) is 4.98 Å². The normalized spacial score (nSPS) is 29.2. The van der Waals surface area contributed by atoms with Gasteiger partial charge in [-0.3, -0.25) is 4.79 Å². The first-order chi connectivity index (χ1) is 8.16. The number of ketones is 1. The molecule has 1 aliphatic rings. The van der Waals surface area contributed by atoms with Crippen LogP contribution in [0.15, 0.2) is 11.6 Å². The maximum absolute atomic E-state index is 12.4. The standard InChI is InChI=1S/C13H20N2OS/c1-10-2-4-13(9-14,5-3-10)11(16)8-12-15-6-7-17-12/h6-7,10H,2-5,8-9,14H2,1H3. The lowest BCUT2D eigenvalue weighted by molar-refractivity contribution is -0.129. The molecule has 0 aromatic carbocycles. The Morgan fingerprint density at radius 1 is 1.59 bits per heavy atom. The van der Waals surface area contributed by atoms with Gasteiger partial charge in [-0.2, -0.15) is 0 Å². The summed E-state index contributed by atoms with van der Waals surface area (Å²) in [6, 6.07) is 0. The Hall–Kier alpha value is -0.740. The number of rotatable bonds is 4. The molecule has 0 spiro atoms. The van der Waals surface area contributed by atoms with Crippen LogP contribution in [0.25, 0.3) is 0 Å². The summed E-state index contributed by atoms with van der Waals surface area (Å²) in [6.07, 6.45) is 6.37. The Morgan fingerprint density at radius 2 is 2.29 bits per heavy atom. The smallest absolute Gasteiger partial charge is 0.147 e. The van der Waals surface area contributed by atoms with Crippen LogP contribution < -0.4 is 5.73 Å². The third-order valence-corrected chi connectivity index (χ3v) is 4.79. The summed E-state index contributed by atoms with van der Waals surface area (Å²) in [5.41, 5.74) is 5.61. The van der Waals surface area contributed by atoms with Gasteiger partial charge in [0.2, 0.25) is 0 Å². The highest BCUT2D eigenvalue weighted by Crippen LogP contribution is 2.39. The maximum Gasteiger partial charge on any atom is 0.147 e. The van der Waals surface area contributed by atoms with E-state index in [1.165, 1.54) is 0 Å². The highest BCUT2D eigenvalue weighted by molar-refractivity contribution is 7.09. The van der Waals surface area contributed by atoms with E-state index in [2.05, 4.69) is 11.9 Å². The van der Waals surface area contributed by atoms with Crippen LogP contribution in [0.1, 0.15) is 37.6 Å². The molecule has 0 unspecified atom stereocenters. The summed E-state index contributed by atoms with van der Waals surface area (Å²) in [6.45, 7) is 2.75. The van der Waals surface area contributed by atoms with Crippen LogP contribution in [0.5, 0.6) is 0 Å². The van der Waals surface area contributed by atoms with Gasteiger partial charge in [0.25, 0.3) is 0 Å². The molecule has 0 aliphatic heterocycles. The average Bonchev–Trinajstić information content (AvgIpc) is 2.83. The molecule has 0 bridgehead atoms. The van der Waals surface area contributed by atoms with Gasteiger partial charge >= 0.3 is 0 Å². The van der Waals surface area contributed by atoms with Crippen molar-refractivity contribution < 1.29 is 4.79 Å². The zero-order valence-corrected chi connectivity index (χ0v) is 11.1. The van der Waals surface area contributed by atoms with Gasteiger partial charge < -0.3 is 5.73 Å². The number of carbonyl (C=O) groups excluding carboxylic acids is 1. The van der Waals surface area contributed by atoms with E-state index in [0.717, 1.165) is 36.6 Å². The molecule has 1 fully saturated rings. The number of carbonyl (C=O) groups is 1. The molecule has 0 atom stereocenters. The second-order valence-corrected chi connectivity index (χ2v) is 6.17. The first-order valence-corrected chi connectivity index (χ1v) is 7.16. The van der Waals surface area contributed by atoms with E-state index in [9.17, 15) is 4.79 Å². The van der Waals surface area contributed by atoms with Gasteiger partial charge in [0.1, 0.15) is 5.78 Å². The Bertz CT molecular complexity index is 367. The van der Waals surface area contributed by atoms with Crippen molar-refractivity contribution in [1.82, 2.24) is 4.98 Å². The second kappa shape index (κ2) is 5.27. The van der Waals surface area contributed by atoms with Crippen LogP contribution in [0.3, 0.4) is 0 Å². The molecule has 1 aromatic rings. The summed E-state index contributed by atoms with van der Waals surface area (Å²) in [5, 5.41) is 2.84. The van der Waals surface area contributed by atoms with Gasteiger partial charge in [0.15, 0.2) is 0 Å². The molecule has 1 heterocycles. The predicted octanol–water partition coefficient (Wildman–Crippen LogP) is 2.41. The molecule has 3 nitrogen and oxygen atoms in total. The minimum atomic E-state index is -0.266. The molecule has 4 heteroatoms. The molecule has 1 aliphatic carbocycles. The maximum atomic E-state index is 12.4. The van der Waals surface area contributed by atoms with E-state index >= 15 is 0 Å². The monoisotopic (exact) mass is 252 g/mol. The number of hydrogen-bond acceptors (Lipinski definition) is 4. The highest BCUT2D eigenvalue weighted by Gasteiger charge is 2.39. The largest absolute Gasteiger partial charge is 0.329 e. The van der Waals surface area contributed by atoms with E-state index in [1.807, 2.05) is 5.38 Å². The fourth-order valence-corrected chi connectivity index (χ4v) is 3.19. The predicted molar refractivity (Wildman–Crippen MR) is 69.9 cm³/mol. The summed E-state index contributed by atoms with van der Waals surface area (Å²) in [4.78, 5) is 16.6. The molecule has 17 heavy (non-hydrogen) atoms. The molecule has 0 amide bonds. The number of aromatic nitrogens is 1. The van der Waals surface area contributed by atoms with E-state index in [0.29, 0.717) is 18.7 Å². The van der Waals surface area contributed by atoms with Crippen molar-refractivity contribution in [1.29, 1.82) is 0 Å². The molecular weight excluding hydrogens is 232 g/mol. The lowest BCUT2D eigenvalue weighted by Crippen LogP contribution is -2.42. The lowest BCUT2D eigenvalue weighted by Gasteiger charge is -2.37. The SMILES string of the molecule is CC1CCC(CN)(C(=O)Cc2nccs2)CC1. The molecule has 1 saturated carbocycles. The fraction of sp³-hybridized carbons (Fsp3) is 0.692. The minimum absolute atomic E-state index is 0.266. The zero-order chi connectivity index (χ0) is 12.3. The number of nitrogens with two attached hydrogens (primary N) is 1. The zero-order valence-electron chi connectivity index (χ0n) is 10.3. The number of nitrogens with zero attached hydrogens (tertiary/aromatic N) is 1. The third kappa shape index (κ3) is 2.75. The third-order valence-electron chi connectivity index (χ3n) is 4.01. The van der Waals surface area contributed by atoms with Crippen LogP contribution in [0.4, 0.5) is 0 Å². The van der Waals surface area contributed by atoms with Crippen LogP contribution in [-0.2, 0) is 11.2 Å². The summed E-state index contributed by atoms with van der Waals surface area (Å²) in [5.74, 6) is 1.03. The van der Waals surface area contributed by atoms with E-state index in [-0.39, 0.29) is 5.41 Å². The molecular formula is C13H20N2OS. The summed E-state index contributed by atoms with van der Waals surface area (Å²) in [7, 11) is 0. The number of Topliss-reactive ketones (excluding diaryl/α,β-unsaturated/α-hetero) is 1. The quantitative estimate of drug-likeness (QED) is 0.895. The van der Waals surface area contributed by atoms with Crippen molar-refractivity contribution >= 4 is 17.1 Å². The second-order valence-electron chi connectivity index (χ2n) is 5.19. The lowest BCUT2D eigenvalue weighted by atomic mass is 9.68. The molecule has 2 N–H and O–H groups in total. The van der Waals surface area contributed by atoms with E-state index in [4.69, 9.17) is 5.73 Å². The van der Waals surface area contributed by atoms with Gasteiger partial charge in [-0.1, -0.05) is 6.92 Å². The fourth-order valence-electron chi connectivity index (χ4n) is 2.58. The molecule has 0 radical (unpaired) electrons. The van der Waals surface area contributed by atoms with Crippen molar-refractivity contribution in [3.8, 4) is 0 Å². The van der Waals surface area contributed by atoms with Gasteiger partial charge in [-0.15, -0.1) is 11.3 Å². The Kier molecular flexibility index (Phi) is 3.94. The van der Waals surface area contributed by atoms with Crippen molar-refractivity contribution in [3.05, 3.63) is 16.6 Å². The van der Waals surface area contributed by atoms with Crippen LogP contribution in [0, 0.1) is 11.3 Å². The summed E-state index contributed by atoms with van der Waals surface area (Å²) >= 11 is 1.55. The Labute approximate surface area is 106 Å². The highest BCUT2D eigenvalue weighted by atomic mass is 32.1.